The normalized spacial score (nSPS) is 13.0. The van der Waals surface area contributed by atoms with Crippen molar-refractivity contribution in [3.8, 4) is 0 Å². The van der Waals surface area contributed by atoms with E-state index < -0.39 is 23.8 Å². The molecule has 8 heteroatoms. The van der Waals surface area contributed by atoms with Gasteiger partial charge in [0.1, 0.15) is 11.9 Å². The summed E-state index contributed by atoms with van der Waals surface area (Å²) >= 11 is 5.65. The summed E-state index contributed by atoms with van der Waals surface area (Å²) in [5.41, 5.74) is -0.955. The molecule has 0 radical (unpaired) electrons. The molecule has 4 nitrogen and oxygen atoms in total. The second kappa shape index (κ2) is 5.43. The first-order valence-electron chi connectivity index (χ1n) is 4.82. The van der Waals surface area contributed by atoms with Gasteiger partial charge in [0, 0.05) is 6.20 Å². The third-order valence-electron chi connectivity index (χ3n) is 2.08. The monoisotopic (exact) mass is 282 g/mol. The average molecular weight is 283 g/mol. The molecule has 1 heterocycles. The van der Waals surface area contributed by atoms with Gasteiger partial charge >= 0.3 is 12.1 Å². The quantitative estimate of drug-likeness (QED) is 0.866. The fraction of sp³-hybridized carbons (Fsp3) is 0.400. The van der Waals surface area contributed by atoms with Gasteiger partial charge in [-0.25, -0.2) is 9.78 Å². The molecule has 100 valence electrons. The fourth-order valence-electron chi connectivity index (χ4n) is 1.14. The van der Waals surface area contributed by atoms with E-state index in [1.807, 2.05) is 0 Å². The van der Waals surface area contributed by atoms with Gasteiger partial charge in [-0.1, -0.05) is 11.6 Å². The summed E-state index contributed by atoms with van der Waals surface area (Å²) < 4.78 is 41.5. The van der Waals surface area contributed by atoms with Gasteiger partial charge in [-0.15, -0.1) is 0 Å². The highest BCUT2D eigenvalue weighted by molar-refractivity contribution is 6.33. The lowest BCUT2D eigenvalue weighted by atomic mass is 10.2. The van der Waals surface area contributed by atoms with Crippen molar-refractivity contribution in [1.29, 1.82) is 0 Å². The number of hydrogen-bond donors (Lipinski definition) is 1. The van der Waals surface area contributed by atoms with Crippen molar-refractivity contribution in [1.82, 2.24) is 4.98 Å². The highest BCUT2D eigenvalue weighted by Gasteiger charge is 2.31. The number of nitrogens with one attached hydrogen (secondary N) is 1. The second-order valence-corrected chi connectivity index (χ2v) is 3.85. The summed E-state index contributed by atoms with van der Waals surface area (Å²) in [4.78, 5) is 14.6. The number of anilines is 1. The zero-order valence-electron chi connectivity index (χ0n) is 9.51. The maximum Gasteiger partial charge on any atom is 0.417 e. The van der Waals surface area contributed by atoms with E-state index in [9.17, 15) is 18.0 Å². The Balaban J connectivity index is 2.90. The Hall–Kier alpha value is -1.50. The fourth-order valence-corrected chi connectivity index (χ4v) is 1.36. The number of methoxy groups -OCH3 is 1. The molecule has 0 spiro atoms. The van der Waals surface area contributed by atoms with E-state index in [0.29, 0.717) is 6.20 Å². The molecule has 0 aliphatic carbocycles. The lowest BCUT2D eigenvalue weighted by Crippen LogP contribution is -2.27. The summed E-state index contributed by atoms with van der Waals surface area (Å²) in [5, 5.41) is 2.33. The Labute approximate surface area is 106 Å². The third kappa shape index (κ3) is 3.49. The van der Waals surface area contributed by atoms with Crippen LogP contribution in [0.1, 0.15) is 12.5 Å². The van der Waals surface area contributed by atoms with Crippen molar-refractivity contribution in [2.75, 3.05) is 12.4 Å². The summed E-state index contributed by atoms with van der Waals surface area (Å²) in [7, 11) is 1.20. The van der Waals surface area contributed by atoms with Crippen molar-refractivity contribution in [2.24, 2.45) is 0 Å². The molecular formula is C10H10ClF3N2O2. The van der Waals surface area contributed by atoms with Crippen LogP contribution in [0.4, 0.5) is 19.0 Å². The largest absolute Gasteiger partial charge is 0.467 e. The van der Waals surface area contributed by atoms with Gasteiger partial charge in [0.05, 0.1) is 17.7 Å². The number of halogens is 4. The number of nitrogens with zero attached hydrogens (tertiary/aromatic N) is 1. The second-order valence-electron chi connectivity index (χ2n) is 3.44. The standard InChI is InChI=1S/C10H10ClF3N2O2/c1-5(9(17)18-2)16-8-7(11)3-6(4-15-8)10(12,13)14/h3-5H,1-2H3,(H,15,16)/t5-/m0/s1. The molecule has 0 aliphatic heterocycles. The van der Waals surface area contributed by atoms with E-state index in [4.69, 9.17) is 11.6 Å². The minimum atomic E-state index is -4.51. The number of carbonyl (C=O) groups excluding carboxylic acids is 1. The topological polar surface area (TPSA) is 51.2 Å². The lowest BCUT2D eigenvalue weighted by Gasteiger charge is -2.14. The van der Waals surface area contributed by atoms with Crippen LogP contribution in [-0.4, -0.2) is 24.1 Å². The Bertz CT molecular complexity index is 451. The summed E-state index contributed by atoms with van der Waals surface area (Å²) in [6.45, 7) is 1.47. The molecule has 0 unspecified atom stereocenters. The van der Waals surface area contributed by atoms with E-state index in [0.717, 1.165) is 6.07 Å². The van der Waals surface area contributed by atoms with E-state index in [-0.39, 0.29) is 10.8 Å². The summed E-state index contributed by atoms with van der Waals surface area (Å²) in [5.74, 6) is -0.588. The molecule has 1 atom stereocenters. The van der Waals surface area contributed by atoms with Crippen LogP contribution in [0.3, 0.4) is 0 Å². The Morgan fingerprint density at radius 1 is 1.56 bits per heavy atom. The molecule has 0 saturated heterocycles. The van der Waals surface area contributed by atoms with Crippen LogP contribution in [0.5, 0.6) is 0 Å². The Kier molecular flexibility index (Phi) is 4.39. The van der Waals surface area contributed by atoms with Gasteiger partial charge in [0.15, 0.2) is 0 Å². The highest BCUT2D eigenvalue weighted by Crippen LogP contribution is 2.32. The molecule has 18 heavy (non-hydrogen) atoms. The number of alkyl halides is 3. The number of aromatic nitrogens is 1. The molecule has 0 bridgehead atoms. The molecule has 0 fully saturated rings. The summed E-state index contributed by atoms with van der Waals surface area (Å²) in [6, 6.07) is -0.0299. The van der Waals surface area contributed by atoms with Gasteiger partial charge < -0.3 is 10.1 Å². The van der Waals surface area contributed by atoms with Crippen molar-refractivity contribution in [3.05, 3.63) is 22.8 Å². The number of esters is 1. The SMILES string of the molecule is COC(=O)[C@H](C)Nc1ncc(C(F)(F)F)cc1Cl. The molecule has 1 aromatic heterocycles. The number of ether oxygens (including phenoxy) is 1. The van der Waals surface area contributed by atoms with Crippen LogP contribution in [0.25, 0.3) is 0 Å². The molecule has 0 saturated carbocycles. The maximum atomic E-state index is 12.4. The number of rotatable bonds is 3. The minimum Gasteiger partial charge on any atom is -0.467 e. The molecule has 1 N–H and O–H groups in total. The van der Waals surface area contributed by atoms with Crippen LogP contribution in [0.15, 0.2) is 12.3 Å². The predicted octanol–water partition coefficient (Wildman–Crippen LogP) is 2.73. The van der Waals surface area contributed by atoms with Crippen LogP contribution < -0.4 is 5.32 Å². The Morgan fingerprint density at radius 3 is 2.61 bits per heavy atom. The zero-order chi connectivity index (χ0) is 13.9. The molecule has 1 aromatic rings. The first kappa shape index (κ1) is 14.6. The smallest absolute Gasteiger partial charge is 0.417 e. The molecule has 0 aliphatic rings. The highest BCUT2D eigenvalue weighted by atomic mass is 35.5. The molecular weight excluding hydrogens is 273 g/mol. The van der Waals surface area contributed by atoms with Crippen molar-refractivity contribution < 1.29 is 22.7 Å². The van der Waals surface area contributed by atoms with E-state index in [1.165, 1.54) is 14.0 Å². The van der Waals surface area contributed by atoms with Gasteiger partial charge in [-0.3, -0.25) is 0 Å². The van der Waals surface area contributed by atoms with Gasteiger partial charge in [0.25, 0.3) is 0 Å². The van der Waals surface area contributed by atoms with Crippen LogP contribution in [-0.2, 0) is 15.7 Å². The molecule has 1 rings (SSSR count). The van der Waals surface area contributed by atoms with Crippen LogP contribution in [0.2, 0.25) is 5.02 Å². The first-order chi connectivity index (χ1) is 8.25. The zero-order valence-corrected chi connectivity index (χ0v) is 10.3. The maximum absolute atomic E-state index is 12.4. The first-order valence-corrected chi connectivity index (χ1v) is 5.20. The van der Waals surface area contributed by atoms with Gasteiger partial charge in [0.2, 0.25) is 0 Å². The molecule has 0 aromatic carbocycles. The predicted molar refractivity (Wildman–Crippen MR) is 59.3 cm³/mol. The number of hydrogen-bond acceptors (Lipinski definition) is 4. The van der Waals surface area contributed by atoms with Gasteiger partial charge in [-0.05, 0) is 13.0 Å². The number of carbonyl (C=O) groups is 1. The molecule has 0 amide bonds. The van der Waals surface area contributed by atoms with E-state index in [1.54, 1.807) is 0 Å². The van der Waals surface area contributed by atoms with Crippen LogP contribution in [0, 0.1) is 0 Å². The third-order valence-corrected chi connectivity index (χ3v) is 2.36. The summed E-state index contributed by atoms with van der Waals surface area (Å²) in [6.07, 6.45) is -3.87. The van der Waals surface area contributed by atoms with Crippen molar-refractivity contribution >= 4 is 23.4 Å². The number of pyridine rings is 1. The van der Waals surface area contributed by atoms with E-state index in [2.05, 4.69) is 15.0 Å². The Morgan fingerprint density at radius 2 is 2.17 bits per heavy atom. The van der Waals surface area contributed by atoms with E-state index >= 15 is 0 Å². The van der Waals surface area contributed by atoms with Crippen molar-refractivity contribution in [2.45, 2.75) is 19.1 Å². The van der Waals surface area contributed by atoms with Crippen molar-refractivity contribution in [3.63, 3.8) is 0 Å². The lowest BCUT2D eigenvalue weighted by molar-refractivity contribution is -0.141. The van der Waals surface area contributed by atoms with Gasteiger partial charge in [-0.2, -0.15) is 13.2 Å². The minimum absolute atomic E-state index is 0.0115. The van der Waals surface area contributed by atoms with Crippen LogP contribution >= 0.6 is 11.6 Å². The average Bonchev–Trinajstić information content (AvgIpc) is 2.29.